The monoisotopic (exact) mass is 371 g/mol. The van der Waals surface area contributed by atoms with Crippen LogP contribution in [0.15, 0.2) is 12.1 Å². The summed E-state index contributed by atoms with van der Waals surface area (Å²) in [5.41, 5.74) is 0. The first-order valence-electron chi connectivity index (χ1n) is 9.66. The van der Waals surface area contributed by atoms with Crippen LogP contribution in [0.3, 0.4) is 0 Å². The Bertz CT molecular complexity index is 824. The second kappa shape index (κ2) is 6.46. The highest BCUT2D eigenvalue weighted by Crippen LogP contribution is 2.34. The van der Waals surface area contributed by atoms with E-state index < -0.39 is 0 Å². The molecule has 0 spiro atoms. The summed E-state index contributed by atoms with van der Waals surface area (Å²) in [6.07, 6.45) is 4.34. The van der Waals surface area contributed by atoms with E-state index in [1.807, 2.05) is 11.3 Å². The molecule has 1 N–H and O–H groups in total. The minimum atomic E-state index is -0.0455. The first-order valence-corrected chi connectivity index (χ1v) is 10.5. The summed E-state index contributed by atoms with van der Waals surface area (Å²) in [5.74, 6) is 2.68. The fourth-order valence-corrected chi connectivity index (χ4v) is 5.44. The van der Waals surface area contributed by atoms with Crippen LogP contribution >= 0.6 is 11.3 Å². The summed E-state index contributed by atoms with van der Waals surface area (Å²) < 4.78 is 2.08. The average Bonchev–Trinajstić information content (AvgIpc) is 3.26. The van der Waals surface area contributed by atoms with Crippen molar-refractivity contribution in [3.63, 3.8) is 0 Å². The Kier molecular flexibility index (Phi) is 4.09. The third-order valence-electron chi connectivity index (χ3n) is 6.16. The summed E-state index contributed by atoms with van der Waals surface area (Å²) in [5, 5.41) is 11.7. The molecule has 1 amide bonds. The smallest absolute Gasteiger partial charge is 0.289 e. The number of aromatic nitrogens is 3. The highest BCUT2D eigenvalue weighted by molar-refractivity contribution is 7.11. The van der Waals surface area contributed by atoms with Gasteiger partial charge in [0.2, 0.25) is 5.82 Å². The van der Waals surface area contributed by atoms with Crippen molar-refractivity contribution in [2.24, 2.45) is 11.8 Å². The number of aryl methyl sites for hydroxylation is 1. The molecule has 1 saturated carbocycles. The Balaban J connectivity index is 1.27. The topological polar surface area (TPSA) is 63.1 Å². The molecule has 0 aromatic carbocycles. The SMILES string of the molecule is Cc1ccc(CN2C[C@H]3Cc4nnc(C(=O)NC5CCC5)n4C[C@@H]3C2)s1. The maximum absolute atomic E-state index is 12.5. The Morgan fingerprint density at radius 2 is 2.08 bits per heavy atom. The molecule has 2 aromatic heterocycles. The molecule has 7 heteroatoms. The Morgan fingerprint density at radius 3 is 2.81 bits per heavy atom. The van der Waals surface area contributed by atoms with Gasteiger partial charge in [0, 0.05) is 48.4 Å². The van der Waals surface area contributed by atoms with Crippen LogP contribution in [0, 0.1) is 18.8 Å². The lowest BCUT2D eigenvalue weighted by atomic mass is 9.89. The van der Waals surface area contributed by atoms with Crippen LogP contribution in [0.5, 0.6) is 0 Å². The third kappa shape index (κ3) is 2.97. The minimum absolute atomic E-state index is 0.0455. The molecule has 26 heavy (non-hydrogen) atoms. The quantitative estimate of drug-likeness (QED) is 0.895. The molecular formula is C19H25N5OS. The number of carbonyl (C=O) groups is 1. The third-order valence-corrected chi connectivity index (χ3v) is 7.15. The van der Waals surface area contributed by atoms with E-state index in [2.05, 4.69) is 44.0 Å². The second-order valence-electron chi connectivity index (χ2n) is 8.08. The van der Waals surface area contributed by atoms with Crippen molar-refractivity contribution in [1.82, 2.24) is 25.0 Å². The van der Waals surface area contributed by atoms with Crippen LogP contribution < -0.4 is 5.32 Å². The highest BCUT2D eigenvalue weighted by atomic mass is 32.1. The van der Waals surface area contributed by atoms with Gasteiger partial charge in [0.25, 0.3) is 5.91 Å². The first kappa shape index (κ1) is 16.4. The molecule has 138 valence electrons. The van der Waals surface area contributed by atoms with Crippen molar-refractivity contribution in [3.8, 4) is 0 Å². The van der Waals surface area contributed by atoms with Crippen molar-refractivity contribution in [2.45, 2.75) is 51.7 Å². The molecule has 5 rings (SSSR count). The normalized spacial score (nSPS) is 25.6. The van der Waals surface area contributed by atoms with E-state index in [1.54, 1.807) is 0 Å². The van der Waals surface area contributed by atoms with Gasteiger partial charge in [-0.2, -0.15) is 0 Å². The number of nitrogens with one attached hydrogen (secondary N) is 1. The van der Waals surface area contributed by atoms with E-state index >= 15 is 0 Å². The van der Waals surface area contributed by atoms with Gasteiger partial charge < -0.3 is 9.88 Å². The van der Waals surface area contributed by atoms with Gasteiger partial charge in [-0.05, 0) is 50.2 Å². The Labute approximate surface area is 157 Å². The number of hydrogen-bond acceptors (Lipinski definition) is 5. The molecule has 0 bridgehead atoms. The van der Waals surface area contributed by atoms with Gasteiger partial charge in [-0.3, -0.25) is 9.69 Å². The van der Waals surface area contributed by atoms with Gasteiger partial charge in [-0.25, -0.2) is 0 Å². The molecule has 0 unspecified atom stereocenters. The molecule has 6 nitrogen and oxygen atoms in total. The van der Waals surface area contributed by atoms with Gasteiger partial charge in [0.1, 0.15) is 5.82 Å². The Hall–Kier alpha value is -1.73. The van der Waals surface area contributed by atoms with Crippen molar-refractivity contribution in [2.75, 3.05) is 13.1 Å². The number of likely N-dealkylation sites (tertiary alicyclic amines) is 1. The number of rotatable bonds is 4. The van der Waals surface area contributed by atoms with Crippen molar-refractivity contribution in [1.29, 1.82) is 0 Å². The Morgan fingerprint density at radius 1 is 1.23 bits per heavy atom. The zero-order valence-corrected chi connectivity index (χ0v) is 16.0. The molecule has 0 radical (unpaired) electrons. The number of fused-ring (bicyclic) bond motifs is 2. The predicted molar refractivity (Wildman–Crippen MR) is 100 cm³/mol. The lowest BCUT2D eigenvalue weighted by molar-refractivity contribution is 0.0898. The molecule has 2 fully saturated rings. The number of amides is 1. The number of hydrogen-bond donors (Lipinski definition) is 1. The van der Waals surface area contributed by atoms with Crippen LogP contribution in [0.2, 0.25) is 0 Å². The van der Waals surface area contributed by atoms with Crippen molar-refractivity contribution in [3.05, 3.63) is 33.5 Å². The van der Waals surface area contributed by atoms with Gasteiger partial charge in [0.05, 0.1) is 0 Å². The second-order valence-corrected chi connectivity index (χ2v) is 9.45. The average molecular weight is 372 g/mol. The van der Waals surface area contributed by atoms with E-state index in [4.69, 9.17) is 0 Å². The summed E-state index contributed by atoms with van der Waals surface area (Å²) in [4.78, 5) is 17.9. The molecule has 3 aliphatic rings. The summed E-state index contributed by atoms with van der Waals surface area (Å²) in [6, 6.07) is 4.79. The van der Waals surface area contributed by atoms with Gasteiger partial charge >= 0.3 is 0 Å². The number of thiophene rings is 1. The lowest BCUT2D eigenvalue weighted by Gasteiger charge is -2.28. The first-order chi connectivity index (χ1) is 12.7. The van der Waals surface area contributed by atoms with Crippen LogP contribution in [-0.4, -0.2) is 44.7 Å². The van der Waals surface area contributed by atoms with E-state index in [0.717, 1.165) is 51.3 Å². The summed E-state index contributed by atoms with van der Waals surface area (Å²) in [7, 11) is 0. The molecule has 2 atom stereocenters. The van der Waals surface area contributed by atoms with Crippen LogP contribution in [0.25, 0.3) is 0 Å². The maximum Gasteiger partial charge on any atom is 0.289 e. The van der Waals surface area contributed by atoms with Crippen LogP contribution in [-0.2, 0) is 19.5 Å². The minimum Gasteiger partial charge on any atom is -0.347 e. The van der Waals surface area contributed by atoms with Gasteiger partial charge in [-0.1, -0.05) is 0 Å². The van der Waals surface area contributed by atoms with Gasteiger partial charge in [-0.15, -0.1) is 21.5 Å². The molecule has 1 aliphatic carbocycles. The summed E-state index contributed by atoms with van der Waals surface area (Å²) >= 11 is 1.89. The van der Waals surface area contributed by atoms with Gasteiger partial charge in [0.15, 0.2) is 0 Å². The molecule has 2 aromatic rings. The summed E-state index contributed by atoms with van der Waals surface area (Å²) in [6.45, 7) is 6.31. The standard InChI is InChI=1S/C19H25N5OS/c1-12-5-6-16(26-12)11-23-8-13-7-17-21-22-18(24(17)10-14(13)9-23)19(25)20-15-3-2-4-15/h5-6,13-15H,2-4,7-11H2,1H3,(H,20,25)/t13-,14+/m1/s1. The largest absolute Gasteiger partial charge is 0.347 e. The molecule has 4 heterocycles. The van der Waals surface area contributed by atoms with Crippen molar-refractivity contribution < 1.29 is 4.79 Å². The van der Waals surface area contributed by atoms with Crippen molar-refractivity contribution >= 4 is 17.2 Å². The van der Waals surface area contributed by atoms with E-state index in [0.29, 0.717) is 23.7 Å². The number of nitrogens with zero attached hydrogens (tertiary/aromatic N) is 4. The van der Waals surface area contributed by atoms with E-state index in [-0.39, 0.29) is 5.91 Å². The van der Waals surface area contributed by atoms with E-state index in [1.165, 1.54) is 16.2 Å². The molecule has 2 aliphatic heterocycles. The predicted octanol–water partition coefficient (Wildman–Crippen LogP) is 2.23. The lowest BCUT2D eigenvalue weighted by Crippen LogP contribution is -2.41. The molecular weight excluding hydrogens is 346 g/mol. The fraction of sp³-hybridized carbons (Fsp3) is 0.632. The highest BCUT2D eigenvalue weighted by Gasteiger charge is 2.39. The molecule has 1 saturated heterocycles. The zero-order valence-electron chi connectivity index (χ0n) is 15.1. The van der Waals surface area contributed by atoms with E-state index in [9.17, 15) is 4.79 Å². The van der Waals surface area contributed by atoms with Crippen LogP contribution in [0.4, 0.5) is 0 Å². The fourth-order valence-electron chi connectivity index (χ4n) is 4.51. The number of carbonyl (C=O) groups excluding carboxylic acids is 1. The maximum atomic E-state index is 12.5. The zero-order chi connectivity index (χ0) is 17.7. The van der Waals surface area contributed by atoms with Crippen LogP contribution in [0.1, 0.15) is 45.5 Å².